The summed E-state index contributed by atoms with van der Waals surface area (Å²) in [5, 5.41) is 31.2. The van der Waals surface area contributed by atoms with Crippen molar-refractivity contribution in [2.75, 3.05) is 13.2 Å². The molecule has 6 heteroatoms. The van der Waals surface area contributed by atoms with Crippen LogP contribution in [0.3, 0.4) is 0 Å². The maximum Gasteiger partial charge on any atom is 0.264 e. The molecule has 5 N–H and O–H groups in total. The second kappa shape index (κ2) is 6.91. The molecular formula is C16H23N2O4+. The van der Waals surface area contributed by atoms with Crippen molar-refractivity contribution in [3.8, 4) is 5.75 Å². The quantitative estimate of drug-likeness (QED) is 0.589. The summed E-state index contributed by atoms with van der Waals surface area (Å²) in [7, 11) is 0. The second-order valence-corrected chi connectivity index (χ2v) is 5.43. The van der Waals surface area contributed by atoms with Gasteiger partial charge in [-0.25, -0.2) is 0 Å². The van der Waals surface area contributed by atoms with Crippen LogP contribution in [0.2, 0.25) is 0 Å². The van der Waals surface area contributed by atoms with Crippen LogP contribution in [0, 0.1) is 0 Å². The molecule has 0 amide bonds. The Hall–Kier alpha value is -1.89. The average molecular weight is 307 g/mol. The van der Waals surface area contributed by atoms with E-state index >= 15 is 0 Å². The Bertz CT molecular complexity index is 711. The summed E-state index contributed by atoms with van der Waals surface area (Å²) >= 11 is 0. The normalized spacial score (nSPS) is 14.2. The van der Waals surface area contributed by atoms with Gasteiger partial charge in [-0.1, -0.05) is 12.1 Å². The Balaban J connectivity index is 2.51. The van der Waals surface area contributed by atoms with E-state index in [9.17, 15) is 15.0 Å². The predicted octanol–water partition coefficient (Wildman–Crippen LogP) is -0.295. The third-order valence-corrected chi connectivity index (χ3v) is 3.92. The van der Waals surface area contributed by atoms with E-state index in [1.807, 2.05) is 25.1 Å². The minimum absolute atomic E-state index is 0.00691. The molecule has 6 nitrogen and oxygen atoms in total. The van der Waals surface area contributed by atoms with E-state index < -0.39 is 6.10 Å². The lowest BCUT2D eigenvalue weighted by atomic mass is 10.0. The molecule has 2 aromatic rings. The number of para-hydroxylation sites is 1. The first-order valence-corrected chi connectivity index (χ1v) is 7.47. The number of aryl methyl sites for hydroxylation is 1. The number of fused-ring (bicyclic) bond motifs is 1. The fourth-order valence-electron chi connectivity index (χ4n) is 2.69. The molecule has 0 radical (unpaired) electrons. The standard InChI is InChI=1S/C16H22N2O4/c1-3-18-13-7-5-4-6-12(13)15(21)14(16(18)22)10(2)17-8-11(20)9-19/h4-7,10-11,17,19-21H,3,8-9H2,1-2H3/p+1/t10-,11+/m0/s1. The molecule has 1 aromatic carbocycles. The van der Waals surface area contributed by atoms with Crippen LogP contribution in [-0.4, -0.2) is 39.1 Å². The molecule has 0 bridgehead atoms. The molecule has 0 spiro atoms. The minimum atomic E-state index is -0.849. The minimum Gasteiger partial charge on any atom is -0.506 e. The molecule has 1 heterocycles. The molecule has 2 atom stereocenters. The van der Waals surface area contributed by atoms with E-state index in [4.69, 9.17) is 5.11 Å². The van der Waals surface area contributed by atoms with E-state index in [0.717, 1.165) is 0 Å². The van der Waals surface area contributed by atoms with Crippen molar-refractivity contribution in [1.29, 1.82) is 0 Å². The molecule has 22 heavy (non-hydrogen) atoms. The van der Waals surface area contributed by atoms with Gasteiger partial charge < -0.3 is 25.2 Å². The molecule has 0 aliphatic carbocycles. The highest BCUT2D eigenvalue weighted by Crippen LogP contribution is 2.28. The Labute approximate surface area is 128 Å². The van der Waals surface area contributed by atoms with Crippen LogP contribution in [-0.2, 0) is 6.54 Å². The number of pyridine rings is 1. The maximum absolute atomic E-state index is 12.7. The number of aliphatic hydroxyl groups is 2. The third kappa shape index (κ3) is 2.99. The lowest BCUT2D eigenvalue weighted by Crippen LogP contribution is -2.87. The zero-order valence-electron chi connectivity index (χ0n) is 12.9. The van der Waals surface area contributed by atoms with Gasteiger partial charge in [0.2, 0.25) is 0 Å². The van der Waals surface area contributed by atoms with Gasteiger partial charge >= 0.3 is 0 Å². The van der Waals surface area contributed by atoms with Crippen LogP contribution in [0.15, 0.2) is 29.1 Å². The molecule has 0 unspecified atom stereocenters. The molecule has 0 aliphatic rings. The van der Waals surface area contributed by atoms with Crippen molar-refractivity contribution in [3.63, 3.8) is 0 Å². The number of nitrogens with two attached hydrogens (primary N) is 1. The van der Waals surface area contributed by atoms with Crippen LogP contribution in [0.5, 0.6) is 5.75 Å². The predicted molar refractivity (Wildman–Crippen MR) is 83.8 cm³/mol. The molecule has 0 fully saturated rings. The first-order chi connectivity index (χ1) is 10.5. The molecule has 1 aromatic heterocycles. The number of rotatable bonds is 6. The fraction of sp³-hybridized carbons (Fsp3) is 0.438. The first-order valence-electron chi connectivity index (χ1n) is 7.47. The number of benzene rings is 1. The summed E-state index contributed by atoms with van der Waals surface area (Å²) < 4.78 is 1.64. The summed E-state index contributed by atoms with van der Waals surface area (Å²) in [6, 6.07) is 6.93. The smallest absolute Gasteiger partial charge is 0.264 e. The van der Waals surface area contributed by atoms with Gasteiger partial charge in [-0.05, 0) is 26.0 Å². The second-order valence-electron chi connectivity index (χ2n) is 5.43. The van der Waals surface area contributed by atoms with Crippen LogP contribution in [0.25, 0.3) is 10.9 Å². The van der Waals surface area contributed by atoms with Crippen molar-refractivity contribution < 1.29 is 20.6 Å². The Kier molecular flexibility index (Phi) is 5.18. The van der Waals surface area contributed by atoms with E-state index in [2.05, 4.69) is 0 Å². The van der Waals surface area contributed by atoms with Gasteiger partial charge in [-0.2, -0.15) is 0 Å². The van der Waals surface area contributed by atoms with Crippen LogP contribution in [0.1, 0.15) is 25.5 Å². The van der Waals surface area contributed by atoms with E-state index in [1.165, 1.54) is 0 Å². The van der Waals surface area contributed by atoms with Gasteiger partial charge in [0.25, 0.3) is 5.56 Å². The van der Waals surface area contributed by atoms with E-state index in [1.54, 1.807) is 22.9 Å². The van der Waals surface area contributed by atoms with Crippen molar-refractivity contribution >= 4 is 10.9 Å². The Morgan fingerprint density at radius 1 is 1.32 bits per heavy atom. The van der Waals surface area contributed by atoms with Gasteiger partial charge in [-0.3, -0.25) is 4.79 Å². The first kappa shape index (κ1) is 16.5. The maximum atomic E-state index is 12.7. The number of quaternary nitrogens is 1. The number of hydrogen-bond acceptors (Lipinski definition) is 4. The van der Waals surface area contributed by atoms with E-state index in [-0.39, 0.29) is 30.5 Å². The number of aromatic hydroxyl groups is 1. The highest BCUT2D eigenvalue weighted by molar-refractivity contribution is 5.86. The van der Waals surface area contributed by atoms with Crippen LogP contribution >= 0.6 is 0 Å². The largest absolute Gasteiger partial charge is 0.506 e. The van der Waals surface area contributed by atoms with Crippen molar-refractivity contribution in [1.82, 2.24) is 4.57 Å². The topological polar surface area (TPSA) is 99.3 Å². The molecular weight excluding hydrogens is 284 g/mol. The number of nitrogens with zero attached hydrogens (tertiary/aromatic N) is 1. The van der Waals surface area contributed by atoms with Gasteiger partial charge in [0.05, 0.1) is 12.1 Å². The molecule has 0 aliphatic heterocycles. The molecule has 120 valence electrons. The lowest BCUT2D eigenvalue weighted by molar-refractivity contribution is -0.698. The molecule has 2 rings (SSSR count). The summed E-state index contributed by atoms with van der Waals surface area (Å²) in [6.07, 6.45) is -0.849. The van der Waals surface area contributed by atoms with Crippen molar-refractivity contribution in [2.45, 2.75) is 32.5 Å². The SMILES string of the molecule is CCn1c(=O)c([C@H](C)[NH2+]C[C@@H](O)CO)c(O)c2ccccc21. The lowest BCUT2D eigenvalue weighted by Gasteiger charge is -2.17. The van der Waals surface area contributed by atoms with Gasteiger partial charge in [-0.15, -0.1) is 0 Å². The number of aliphatic hydroxyl groups excluding tert-OH is 2. The Morgan fingerprint density at radius 2 is 2.00 bits per heavy atom. The summed E-state index contributed by atoms with van der Waals surface area (Å²) in [4.78, 5) is 12.7. The number of aromatic nitrogens is 1. The zero-order valence-corrected chi connectivity index (χ0v) is 12.9. The van der Waals surface area contributed by atoms with Gasteiger partial charge in [0, 0.05) is 11.9 Å². The van der Waals surface area contributed by atoms with Crippen molar-refractivity contribution in [3.05, 3.63) is 40.2 Å². The van der Waals surface area contributed by atoms with Crippen LogP contribution in [0.4, 0.5) is 0 Å². The zero-order chi connectivity index (χ0) is 16.3. The Morgan fingerprint density at radius 3 is 2.64 bits per heavy atom. The summed E-state index contributed by atoms with van der Waals surface area (Å²) in [5.41, 5.74) is 0.811. The van der Waals surface area contributed by atoms with E-state index in [0.29, 0.717) is 23.0 Å². The van der Waals surface area contributed by atoms with Gasteiger partial charge in [0.15, 0.2) is 0 Å². The highest BCUT2D eigenvalue weighted by atomic mass is 16.3. The molecule has 0 saturated carbocycles. The van der Waals surface area contributed by atoms with Crippen molar-refractivity contribution in [2.24, 2.45) is 0 Å². The third-order valence-electron chi connectivity index (χ3n) is 3.92. The monoisotopic (exact) mass is 307 g/mol. The summed E-state index contributed by atoms with van der Waals surface area (Å²) in [6.45, 7) is 4.13. The summed E-state index contributed by atoms with van der Waals surface area (Å²) in [5.74, 6) is -0.00691. The average Bonchev–Trinajstić information content (AvgIpc) is 2.53. The highest BCUT2D eigenvalue weighted by Gasteiger charge is 2.23. The van der Waals surface area contributed by atoms with Crippen LogP contribution < -0.4 is 10.9 Å². The molecule has 0 saturated heterocycles. The fourth-order valence-corrected chi connectivity index (χ4v) is 2.69. The van der Waals surface area contributed by atoms with Gasteiger partial charge in [0.1, 0.15) is 30.0 Å². The number of hydrogen-bond donors (Lipinski definition) is 4.